The van der Waals surface area contributed by atoms with Crippen molar-refractivity contribution in [1.29, 1.82) is 0 Å². The highest BCUT2D eigenvalue weighted by atomic mass is 35.5. The molecule has 0 aromatic heterocycles. The van der Waals surface area contributed by atoms with E-state index in [1.807, 2.05) is 0 Å². The van der Waals surface area contributed by atoms with E-state index in [2.05, 4.69) is 0 Å². The van der Waals surface area contributed by atoms with E-state index in [0.29, 0.717) is 18.9 Å². The number of hydrogen-bond acceptors (Lipinski definition) is 3. The Labute approximate surface area is 83.4 Å². The third kappa shape index (κ3) is 6.58. The molecule has 0 bridgehead atoms. The van der Waals surface area contributed by atoms with E-state index in [0.717, 1.165) is 12.7 Å². The second kappa shape index (κ2) is 8.05. The highest BCUT2D eigenvalue weighted by Crippen LogP contribution is 2.10. The second-order valence-electron chi connectivity index (χ2n) is 2.74. The van der Waals surface area contributed by atoms with Crippen molar-refractivity contribution in [2.45, 2.75) is 26.2 Å². The molecule has 0 fully saturated rings. The van der Waals surface area contributed by atoms with Crippen LogP contribution >= 0.6 is 11.6 Å². The molecule has 0 aliphatic carbocycles. The number of aldehydes is 1. The van der Waals surface area contributed by atoms with Gasteiger partial charge in [0.15, 0.2) is 0 Å². The molecule has 0 radical (unpaired) electrons. The molecule has 0 N–H and O–H groups in total. The van der Waals surface area contributed by atoms with Gasteiger partial charge in [0.1, 0.15) is 6.29 Å². The molecule has 1 unspecified atom stereocenters. The van der Waals surface area contributed by atoms with Crippen LogP contribution in [0.1, 0.15) is 26.2 Å². The molecule has 1 atom stereocenters. The lowest BCUT2D eigenvalue weighted by atomic mass is 10.0. The van der Waals surface area contributed by atoms with Gasteiger partial charge >= 0.3 is 5.97 Å². The lowest BCUT2D eigenvalue weighted by molar-refractivity contribution is -0.145. The van der Waals surface area contributed by atoms with Gasteiger partial charge in [-0.3, -0.25) is 4.79 Å². The summed E-state index contributed by atoms with van der Waals surface area (Å²) >= 11 is 5.47. The molecular weight excluding hydrogens is 192 g/mol. The first kappa shape index (κ1) is 12.4. The van der Waals surface area contributed by atoms with Gasteiger partial charge < -0.3 is 9.53 Å². The van der Waals surface area contributed by atoms with Gasteiger partial charge in [0.25, 0.3) is 0 Å². The molecule has 0 saturated carbocycles. The van der Waals surface area contributed by atoms with Crippen LogP contribution in [0, 0.1) is 5.92 Å². The summed E-state index contributed by atoms with van der Waals surface area (Å²) in [7, 11) is 0. The predicted molar refractivity (Wildman–Crippen MR) is 50.8 cm³/mol. The van der Waals surface area contributed by atoms with Crippen LogP contribution in [-0.2, 0) is 14.3 Å². The molecule has 0 heterocycles. The molecule has 4 heteroatoms. The monoisotopic (exact) mass is 206 g/mol. The summed E-state index contributed by atoms with van der Waals surface area (Å²) in [6.45, 7) is 2.10. The number of carbonyl (C=O) groups excluding carboxylic acids is 2. The summed E-state index contributed by atoms with van der Waals surface area (Å²) in [5.41, 5.74) is 0. The Morgan fingerprint density at radius 1 is 1.62 bits per heavy atom. The van der Waals surface area contributed by atoms with E-state index < -0.39 is 0 Å². The van der Waals surface area contributed by atoms with Gasteiger partial charge in [-0.05, 0) is 19.8 Å². The standard InChI is InChI=1S/C9H15ClO3/c1-2-13-9(12)6-8(7-11)4-3-5-10/h7-8H,2-6H2,1H3. The summed E-state index contributed by atoms with van der Waals surface area (Å²) in [5, 5.41) is 0. The summed E-state index contributed by atoms with van der Waals surface area (Å²) in [4.78, 5) is 21.5. The van der Waals surface area contributed by atoms with E-state index in [1.165, 1.54) is 0 Å². The SMILES string of the molecule is CCOC(=O)CC(C=O)CCCCl. The Hall–Kier alpha value is -0.570. The van der Waals surface area contributed by atoms with Gasteiger partial charge in [-0.15, -0.1) is 11.6 Å². The summed E-state index contributed by atoms with van der Waals surface area (Å²) < 4.78 is 4.72. The van der Waals surface area contributed by atoms with E-state index in [4.69, 9.17) is 16.3 Å². The van der Waals surface area contributed by atoms with Crippen LogP contribution in [0.4, 0.5) is 0 Å². The maximum atomic E-state index is 11.0. The number of ether oxygens (including phenoxy) is 1. The van der Waals surface area contributed by atoms with Crippen molar-refractivity contribution in [3.05, 3.63) is 0 Å². The van der Waals surface area contributed by atoms with Crippen molar-refractivity contribution in [2.24, 2.45) is 5.92 Å². The van der Waals surface area contributed by atoms with Gasteiger partial charge in [0.2, 0.25) is 0 Å². The van der Waals surface area contributed by atoms with Crippen molar-refractivity contribution in [1.82, 2.24) is 0 Å². The topological polar surface area (TPSA) is 43.4 Å². The van der Waals surface area contributed by atoms with Gasteiger partial charge in [-0.2, -0.15) is 0 Å². The molecule has 0 amide bonds. The zero-order valence-electron chi connectivity index (χ0n) is 7.79. The highest BCUT2D eigenvalue weighted by molar-refractivity contribution is 6.17. The van der Waals surface area contributed by atoms with Crippen molar-refractivity contribution in [3.8, 4) is 0 Å². The highest BCUT2D eigenvalue weighted by Gasteiger charge is 2.12. The first-order valence-electron chi connectivity index (χ1n) is 4.41. The Bertz CT molecular complexity index is 159. The molecule has 3 nitrogen and oxygen atoms in total. The van der Waals surface area contributed by atoms with E-state index in [-0.39, 0.29) is 18.3 Å². The molecule has 0 aromatic rings. The molecular formula is C9H15ClO3. The second-order valence-corrected chi connectivity index (χ2v) is 3.11. The first-order valence-corrected chi connectivity index (χ1v) is 4.94. The zero-order chi connectivity index (χ0) is 10.1. The minimum absolute atomic E-state index is 0.175. The lowest BCUT2D eigenvalue weighted by Crippen LogP contribution is -2.12. The number of carbonyl (C=O) groups is 2. The third-order valence-electron chi connectivity index (χ3n) is 1.64. The molecule has 0 saturated heterocycles. The largest absolute Gasteiger partial charge is 0.466 e. The maximum absolute atomic E-state index is 11.0. The first-order chi connectivity index (χ1) is 6.24. The number of rotatable bonds is 7. The fourth-order valence-electron chi connectivity index (χ4n) is 0.992. The fraction of sp³-hybridized carbons (Fsp3) is 0.778. The van der Waals surface area contributed by atoms with Crippen LogP contribution < -0.4 is 0 Å². The minimum atomic E-state index is -0.311. The molecule has 0 rings (SSSR count). The van der Waals surface area contributed by atoms with Gasteiger partial charge in [0.05, 0.1) is 13.0 Å². The Morgan fingerprint density at radius 3 is 2.77 bits per heavy atom. The van der Waals surface area contributed by atoms with Gasteiger partial charge in [-0.25, -0.2) is 0 Å². The van der Waals surface area contributed by atoms with Gasteiger partial charge in [0, 0.05) is 11.8 Å². The normalized spacial score (nSPS) is 12.2. The van der Waals surface area contributed by atoms with E-state index >= 15 is 0 Å². The number of halogens is 1. The summed E-state index contributed by atoms with van der Waals surface area (Å²) in [6, 6.07) is 0. The number of alkyl halides is 1. The molecule has 0 aliphatic rings. The number of hydrogen-bond donors (Lipinski definition) is 0. The zero-order valence-corrected chi connectivity index (χ0v) is 8.55. The van der Waals surface area contributed by atoms with Crippen LogP contribution in [-0.4, -0.2) is 24.7 Å². The minimum Gasteiger partial charge on any atom is -0.466 e. The van der Waals surface area contributed by atoms with Crippen LogP contribution in [0.25, 0.3) is 0 Å². The Morgan fingerprint density at radius 2 is 2.31 bits per heavy atom. The maximum Gasteiger partial charge on any atom is 0.306 e. The molecule has 13 heavy (non-hydrogen) atoms. The average molecular weight is 207 g/mol. The van der Waals surface area contributed by atoms with E-state index in [1.54, 1.807) is 6.92 Å². The molecule has 0 aromatic carbocycles. The smallest absolute Gasteiger partial charge is 0.306 e. The molecule has 76 valence electrons. The third-order valence-corrected chi connectivity index (χ3v) is 1.90. The lowest BCUT2D eigenvalue weighted by Gasteiger charge is -2.07. The van der Waals surface area contributed by atoms with Crippen molar-refractivity contribution < 1.29 is 14.3 Å². The van der Waals surface area contributed by atoms with Crippen molar-refractivity contribution >= 4 is 23.9 Å². The fourth-order valence-corrected chi connectivity index (χ4v) is 1.15. The summed E-state index contributed by atoms with van der Waals surface area (Å²) in [6.07, 6.45) is 2.38. The van der Waals surface area contributed by atoms with Crippen molar-refractivity contribution in [3.63, 3.8) is 0 Å². The van der Waals surface area contributed by atoms with Gasteiger partial charge in [-0.1, -0.05) is 0 Å². The predicted octanol–water partition coefficient (Wildman–Crippen LogP) is 1.77. The van der Waals surface area contributed by atoms with Crippen LogP contribution in [0.3, 0.4) is 0 Å². The van der Waals surface area contributed by atoms with Crippen LogP contribution in [0.2, 0.25) is 0 Å². The average Bonchev–Trinajstić information content (AvgIpc) is 2.12. The van der Waals surface area contributed by atoms with Crippen LogP contribution in [0.15, 0.2) is 0 Å². The van der Waals surface area contributed by atoms with Crippen LogP contribution in [0.5, 0.6) is 0 Å². The summed E-state index contributed by atoms with van der Waals surface area (Å²) in [5.74, 6) is -0.0281. The Balaban J connectivity index is 3.69. The number of esters is 1. The Kier molecular flexibility index (Phi) is 7.69. The molecule has 0 aliphatic heterocycles. The van der Waals surface area contributed by atoms with Crippen molar-refractivity contribution in [2.75, 3.05) is 12.5 Å². The quantitative estimate of drug-likeness (QED) is 0.362. The van der Waals surface area contributed by atoms with E-state index in [9.17, 15) is 9.59 Å². The molecule has 0 spiro atoms.